The minimum absolute atomic E-state index is 0.108. The van der Waals surface area contributed by atoms with Gasteiger partial charge in [0.15, 0.2) is 11.5 Å². The molecule has 1 aromatic heterocycles. The average molecular weight is 294 g/mol. The number of rotatable bonds is 5. The molecule has 0 aliphatic heterocycles. The van der Waals surface area contributed by atoms with Crippen molar-refractivity contribution in [3.63, 3.8) is 0 Å². The van der Waals surface area contributed by atoms with E-state index in [4.69, 9.17) is 9.47 Å². The van der Waals surface area contributed by atoms with E-state index in [1.54, 1.807) is 13.8 Å². The van der Waals surface area contributed by atoms with Gasteiger partial charge in [0.2, 0.25) is 0 Å². The SMILES string of the molecule is CCOC(=O)Cn1nc(C(=O)OCC)c2c1C(=O)CCC2. The predicted octanol–water partition coefficient (Wildman–Crippen LogP) is 1.14. The second kappa shape index (κ2) is 6.51. The van der Waals surface area contributed by atoms with Gasteiger partial charge in [-0.05, 0) is 26.7 Å². The average Bonchev–Trinajstić information content (AvgIpc) is 2.79. The zero-order valence-electron chi connectivity index (χ0n) is 12.2. The number of carbonyl (C=O) groups is 3. The summed E-state index contributed by atoms with van der Waals surface area (Å²) in [6.45, 7) is 3.70. The number of Topliss-reactive ketones (excluding diaryl/α,β-unsaturated/α-hetero) is 1. The van der Waals surface area contributed by atoms with Gasteiger partial charge in [-0.15, -0.1) is 0 Å². The lowest BCUT2D eigenvalue weighted by atomic mass is 9.94. The normalized spacial score (nSPS) is 13.7. The molecule has 0 spiro atoms. The number of hydrogen-bond donors (Lipinski definition) is 0. The van der Waals surface area contributed by atoms with Crippen LogP contribution in [0.2, 0.25) is 0 Å². The molecule has 0 bridgehead atoms. The zero-order valence-corrected chi connectivity index (χ0v) is 12.2. The highest BCUT2D eigenvalue weighted by molar-refractivity contribution is 6.01. The molecule has 21 heavy (non-hydrogen) atoms. The minimum Gasteiger partial charge on any atom is -0.465 e. The van der Waals surface area contributed by atoms with Crippen molar-refractivity contribution in [1.82, 2.24) is 9.78 Å². The Labute approximate surface area is 122 Å². The molecule has 1 aromatic rings. The predicted molar refractivity (Wildman–Crippen MR) is 72.1 cm³/mol. The highest BCUT2D eigenvalue weighted by Crippen LogP contribution is 2.25. The molecule has 0 saturated heterocycles. The van der Waals surface area contributed by atoms with Gasteiger partial charge in [0.05, 0.1) is 13.2 Å². The molecule has 1 aliphatic carbocycles. The van der Waals surface area contributed by atoms with Crippen molar-refractivity contribution in [1.29, 1.82) is 0 Å². The summed E-state index contributed by atoms with van der Waals surface area (Å²) in [6, 6.07) is 0. The highest BCUT2D eigenvalue weighted by atomic mass is 16.5. The summed E-state index contributed by atoms with van der Waals surface area (Å²) in [7, 11) is 0. The van der Waals surface area contributed by atoms with Crippen LogP contribution in [0.15, 0.2) is 0 Å². The molecule has 1 heterocycles. The fraction of sp³-hybridized carbons (Fsp3) is 0.571. The maximum atomic E-state index is 12.1. The van der Waals surface area contributed by atoms with Crippen molar-refractivity contribution in [2.75, 3.05) is 13.2 Å². The third-order valence-electron chi connectivity index (χ3n) is 3.20. The quantitative estimate of drug-likeness (QED) is 0.757. The van der Waals surface area contributed by atoms with Crippen LogP contribution in [0.25, 0.3) is 0 Å². The highest BCUT2D eigenvalue weighted by Gasteiger charge is 2.31. The molecule has 2 rings (SSSR count). The van der Waals surface area contributed by atoms with Crippen LogP contribution in [0.4, 0.5) is 0 Å². The Bertz CT molecular complexity index is 576. The molecule has 7 nitrogen and oxygen atoms in total. The second-order valence-electron chi connectivity index (χ2n) is 4.64. The van der Waals surface area contributed by atoms with E-state index in [1.807, 2.05) is 0 Å². The number of fused-ring (bicyclic) bond motifs is 1. The largest absolute Gasteiger partial charge is 0.465 e. The van der Waals surface area contributed by atoms with E-state index in [0.29, 0.717) is 30.5 Å². The Morgan fingerprint density at radius 2 is 1.90 bits per heavy atom. The number of carbonyl (C=O) groups excluding carboxylic acids is 3. The molecule has 0 N–H and O–H groups in total. The number of hydrogen-bond acceptors (Lipinski definition) is 6. The minimum atomic E-state index is -0.564. The molecule has 114 valence electrons. The summed E-state index contributed by atoms with van der Waals surface area (Å²) in [5.74, 6) is -1.16. The summed E-state index contributed by atoms with van der Waals surface area (Å²) in [4.78, 5) is 35.6. The molecular weight excluding hydrogens is 276 g/mol. The second-order valence-corrected chi connectivity index (χ2v) is 4.64. The van der Waals surface area contributed by atoms with Gasteiger partial charge in [0.1, 0.15) is 12.2 Å². The van der Waals surface area contributed by atoms with Crippen LogP contribution >= 0.6 is 0 Å². The molecule has 0 atom stereocenters. The molecule has 1 aliphatic rings. The molecular formula is C14H18N2O5. The standard InChI is InChI=1S/C14H18N2O5/c1-3-20-11(18)8-16-13-9(6-5-7-10(13)17)12(15-16)14(19)21-4-2/h3-8H2,1-2H3. The summed E-state index contributed by atoms with van der Waals surface area (Å²) in [5.41, 5.74) is 1.04. The number of aromatic nitrogens is 2. The third kappa shape index (κ3) is 3.12. The Morgan fingerprint density at radius 1 is 1.19 bits per heavy atom. The topological polar surface area (TPSA) is 87.5 Å². The van der Waals surface area contributed by atoms with Crippen LogP contribution in [-0.2, 0) is 27.2 Å². The number of esters is 2. The Morgan fingerprint density at radius 3 is 2.57 bits per heavy atom. The molecule has 0 fully saturated rings. The van der Waals surface area contributed by atoms with Gasteiger partial charge in [-0.1, -0.05) is 0 Å². The smallest absolute Gasteiger partial charge is 0.359 e. The van der Waals surface area contributed by atoms with Gasteiger partial charge >= 0.3 is 11.9 Å². The van der Waals surface area contributed by atoms with Gasteiger partial charge in [-0.25, -0.2) is 9.48 Å². The van der Waals surface area contributed by atoms with E-state index in [-0.39, 0.29) is 31.2 Å². The van der Waals surface area contributed by atoms with Gasteiger partial charge < -0.3 is 9.47 Å². The summed E-state index contributed by atoms with van der Waals surface area (Å²) >= 11 is 0. The maximum Gasteiger partial charge on any atom is 0.359 e. The van der Waals surface area contributed by atoms with E-state index in [0.717, 1.165) is 0 Å². The van der Waals surface area contributed by atoms with Crippen molar-refractivity contribution in [3.05, 3.63) is 17.0 Å². The first-order valence-electron chi connectivity index (χ1n) is 7.04. The summed E-state index contributed by atoms with van der Waals surface area (Å²) in [6.07, 6.45) is 1.64. The van der Waals surface area contributed by atoms with Gasteiger partial charge in [-0.3, -0.25) is 9.59 Å². The van der Waals surface area contributed by atoms with Gasteiger partial charge in [0, 0.05) is 12.0 Å². The van der Waals surface area contributed by atoms with Gasteiger partial charge in [-0.2, -0.15) is 5.10 Å². The van der Waals surface area contributed by atoms with E-state index >= 15 is 0 Å². The number of ketones is 1. The Kier molecular flexibility index (Phi) is 4.72. The fourth-order valence-electron chi connectivity index (χ4n) is 2.40. The lowest BCUT2D eigenvalue weighted by molar-refractivity contribution is -0.144. The van der Waals surface area contributed by atoms with Crippen molar-refractivity contribution in [2.24, 2.45) is 0 Å². The van der Waals surface area contributed by atoms with Crippen LogP contribution in [-0.4, -0.2) is 40.7 Å². The summed E-state index contributed by atoms with van der Waals surface area (Å²) in [5, 5.41) is 4.10. The maximum absolute atomic E-state index is 12.1. The summed E-state index contributed by atoms with van der Waals surface area (Å²) < 4.78 is 11.1. The van der Waals surface area contributed by atoms with E-state index < -0.39 is 11.9 Å². The number of nitrogens with zero attached hydrogens (tertiary/aromatic N) is 2. The lowest BCUT2D eigenvalue weighted by Crippen LogP contribution is -2.21. The molecule has 0 aromatic carbocycles. The lowest BCUT2D eigenvalue weighted by Gasteiger charge is -2.12. The van der Waals surface area contributed by atoms with E-state index in [1.165, 1.54) is 4.68 Å². The van der Waals surface area contributed by atoms with Crippen molar-refractivity contribution >= 4 is 17.7 Å². The molecule has 0 unspecified atom stereocenters. The van der Waals surface area contributed by atoms with Crippen LogP contribution in [0, 0.1) is 0 Å². The molecule has 0 saturated carbocycles. The molecule has 0 radical (unpaired) electrons. The van der Waals surface area contributed by atoms with E-state index in [9.17, 15) is 14.4 Å². The van der Waals surface area contributed by atoms with Gasteiger partial charge in [0.25, 0.3) is 0 Å². The van der Waals surface area contributed by atoms with Crippen LogP contribution in [0.5, 0.6) is 0 Å². The van der Waals surface area contributed by atoms with E-state index in [2.05, 4.69) is 5.10 Å². The Hall–Kier alpha value is -2.18. The first-order valence-corrected chi connectivity index (χ1v) is 7.04. The monoisotopic (exact) mass is 294 g/mol. The third-order valence-corrected chi connectivity index (χ3v) is 3.20. The number of ether oxygens (including phenoxy) is 2. The molecule has 0 amide bonds. The first-order chi connectivity index (χ1) is 10.1. The molecule has 7 heteroatoms. The first kappa shape index (κ1) is 15.2. The van der Waals surface area contributed by atoms with Crippen LogP contribution in [0.1, 0.15) is 53.2 Å². The zero-order chi connectivity index (χ0) is 15.4. The Balaban J connectivity index is 2.38. The van der Waals surface area contributed by atoms with Crippen molar-refractivity contribution < 1.29 is 23.9 Å². The van der Waals surface area contributed by atoms with Crippen molar-refractivity contribution in [3.8, 4) is 0 Å². The van der Waals surface area contributed by atoms with Crippen LogP contribution in [0.3, 0.4) is 0 Å². The fourth-order valence-corrected chi connectivity index (χ4v) is 2.40. The van der Waals surface area contributed by atoms with Crippen molar-refractivity contribution in [2.45, 2.75) is 39.7 Å². The van der Waals surface area contributed by atoms with Crippen LogP contribution < -0.4 is 0 Å².